The number of nitrogens with zero attached hydrogens (tertiary/aromatic N) is 4. The fraction of sp³-hybridized carbons (Fsp3) is 0.217. The quantitative estimate of drug-likeness (QED) is 0.487. The highest BCUT2D eigenvalue weighted by Gasteiger charge is 2.16. The van der Waals surface area contributed by atoms with E-state index >= 15 is 0 Å². The Labute approximate surface area is 178 Å². The van der Waals surface area contributed by atoms with Crippen molar-refractivity contribution >= 4 is 16.9 Å². The average Bonchev–Trinajstić information content (AvgIpc) is 3.07. The summed E-state index contributed by atoms with van der Waals surface area (Å²) in [6, 6.07) is 15.2. The minimum absolute atomic E-state index is 0.177. The first-order chi connectivity index (χ1) is 15.0. The van der Waals surface area contributed by atoms with Crippen molar-refractivity contribution in [2.24, 2.45) is 0 Å². The molecule has 2 aromatic heterocycles. The number of carbonyl (C=O) groups is 1. The number of hydrogen-bond donors (Lipinski definition) is 1. The van der Waals surface area contributed by atoms with Crippen LogP contribution in [0.25, 0.3) is 16.7 Å². The Morgan fingerprint density at radius 1 is 1.10 bits per heavy atom. The zero-order valence-electron chi connectivity index (χ0n) is 17.3. The number of para-hydroxylation sites is 3. The summed E-state index contributed by atoms with van der Waals surface area (Å²) in [5.41, 5.74) is 1.82. The molecule has 0 spiro atoms. The molecule has 158 valence electrons. The van der Waals surface area contributed by atoms with Gasteiger partial charge in [0.15, 0.2) is 5.69 Å². The monoisotopic (exact) mass is 419 g/mol. The highest BCUT2D eigenvalue weighted by Crippen LogP contribution is 2.16. The van der Waals surface area contributed by atoms with Gasteiger partial charge in [-0.25, -0.2) is 14.1 Å². The molecular weight excluding hydrogens is 397 g/mol. The molecule has 1 N–H and O–H groups in total. The van der Waals surface area contributed by atoms with Gasteiger partial charge < -0.3 is 9.88 Å². The normalized spacial score (nSPS) is 11.1. The summed E-state index contributed by atoms with van der Waals surface area (Å²) in [4.78, 5) is 29.4. The van der Waals surface area contributed by atoms with Crippen LogP contribution in [0.4, 0.5) is 4.39 Å². The van der Waals surface area contributed by atoms with Crippen LogP contribution in [0, 0.1) is 19.7 Å². The summed E-state index contributed by atoms with van der Waals surface area (Å²) in [7, 11) is 0. The van der Waals surface area contributed by atoms with Crippen molar-refractivity contribution in [1.29, 1.82) is 0 Å². The number of amides is 1. The second kappa shape index (κ2) is 8.51. The molecule has 31 heavy (non-hydrogen) atoms. The lowest BCUT2D eigenvalue weighted by Crippen LogP contribution is -2.33. The van der Waals surface area contributed by atoms with Gasteiger partial charge in [0.2, 0.25) is 5.43 Å². The number of benzene rings is 2. The molecule has 0 unspecified atom stereocenters. The number of rotatable bonds is 6. The first-order valence-electron chi connectivity index (χ1n) is 10.0. The van der Waals surface area contributed by atoms with Gasteiger partial charge in [-0.2, -0.15) is 5.10 Å². The maximum Gasteiger partial charge on any atom is 0.275 e. The van der Waals surface area contributed by atoms with E-state index in [1.165, 1.54) is 16.8 Å². The van der Waals surface area contributed by atoms with E-state index in [-0.39, 0.29) is 11.4 Å². The van der Waals surface area contributed by atoms with E-state index in [1.807, 2.05) is 31.2 Å². The summed E-state index contributed by atoms with van der Waals surface area (Å²) in [5, 5.41) is 6.86. The molecule has 1 amide bonds. The van der Waals surface area contributed by atoms with Crippen molar-refractivity contribution < 1.29 is 9.18 Å². The number of fused-ring (bicyclic) bond motifs is 1. The van der Waals surface area contributed by atoms with Crippen LogP contribution in [0.5, 0.6) is 0 Å². The van der Waals surface area contributed by atoms with Gasteiger partial charge in [0.25, 0.3) is 5.91 Å². The van der Waals surface area contributed by atoms with Gasteiger partial charge in [-0.3, -0.25) is 9.59 Å². The molecule has 0 aliphatic rings. The average molecular weight is 419 g/mol. The molecule has 0 saturated carbocycles. The van der Waals surface area contributed by atoms with E-state index in [0.29, 0.717) is 25.2 Å². The van der Waals surface area contributed by atoms with Gasteiger partial charge in [0.1, 0.15) is 17.3 Å². The number of aryl methyl sites for hydroxylation is 3. The van der Waals surface area contributed by atoms with Gasteiger partial charge in [-0.1, -0.05) is 24.3 Å². The molecule has 0 atom stereocenters. The Hall–Kier alpha value is -3.81. The molecule has 0 fully saturated rings. The predicted molar refractivity (Wildman–Crippen MR) is 116 cm³/mol. The van der Waals surface area contributed by atoms with Crippen molar-refractivity contribution in [1.82, 2.24) is 24.6 Å². The maximum absolute atomic E-state index is 14.2. The summed E-state index contributed by atoms with van der Waals surface area (Å²) >= 11 is 0. The lowest BCUT2D eigenvalue weighted by Gasteiger charge is -2.12. The van der Waals surface area contributed by atoms with E-state index in [4.69, 9.17) is 0 Å². The van der Waals surface area contributed by atoms with Crippen LogP contribution in [0.2, 0.25) is 0 Å². The summed E-state index contributed by atoms with van der Waals surface area (Å²) < 4.78 is 17.5. The first kappa shape index (κ1) is 20.5. The number of imidazole rings is 1. The van der Waals surface area contributed by atoms with Crippen molar-refractivity contribution in [2.75, 3.05) is 6.54 Å². The fourth-order valence-electron chi connectivity index (χ4n) is 3.57. The van der Waals surface area contributed by atoms with Crippen LogP contribution in [0.1, 0.15) is 28.4 Å². The van der Waals surface area contributed by atoms with Crippen LogP contribution in [0.3, 0.4) is 0 Å². The van der Waals surface area contributed by atoms with E-state index in [9.17, 15) is 14.0 Å². The minimum atomic E-state index is -0.581. The Balaban J connectivity index is 1.46. The number of halogens is 1. The van der Waals surface area contributed by atoms with Crippen molar-refractivity contribution in [3.05, 3.63) is 87.9 Å². The summed E-state index contributed by atoms with van der Waals surface area (Å²) in [6.07, 6.45) is 0.653. The van der Waals surface area contributed by atoms with Gasteiger partial charge in [0.05, 0.1) is 11.0 Å². The molecule has 4 aromatic rings. The van der Waals surface area contributed by atoms with Crippen LogP contribution in [0.15, 0.2) is 59.4 Å². The molecule has 4 rings (SSSR count). The molecule has 0 aliphatic carbocycles. The smallest absolute Gasteiger partial charge is 0.275 e. The van der Waals surface area contributed by atoms with E-state index < -0.39 is 17.2 Å². The lowest BCUT2D eigenvalue weighted by atomic mass is 10.2. The lowest BCUT2D eigenvalue weighted by molar-refractivity contribution is 0.0944. The zero-order chi connectivity index (χ0) is 22.0. The zero-order valence-corrected chi connectivity index (χ0v) is 17.3. The first-order valence-corrected chi connectivity index (χ1v) is 10.0. The second-order valence-electron chi connectivity index (χ2n) is 7.27. The van der Waals surface area contributed by atoms with Crippen LogP contribution >= 0.6 is 0 Å². The molecule has 2 aromatic carbocycles. The molecular formula is C23H22FN5O2. The van der Waals surface area contributed by atoms with Crippen LogP contribution < -0.4 is 10.7 Å². The Morgan fingerprint density at radius 2 is 1.84 bits per heavy atom. The van der Waals surface area contributed by atoms with Gasteiger partial charge in [0, 0.05) is 24.8 Å². The molecule has 7 nitrogen and oxygen atoms in total. The molecule has 0 saturated heterocycles. The van der Waals surface area contributed by atoms with E-state index in [0.717, 1.165) is 16.9 Å². The minimum Gasteiger partial charge on any atom is -0.350 e. The molecule has 8 heteroatoms. The highest BCUT2D eigenvalue weighted by atomic mass is 19.1. The van der Waals surface area contributed by atoms with E-state index in [2.05, 4.69) is 20.0 Å². The summed E-state index contributed by atoms with van der Waals surface area (Å²) in [6.45, 7) is 4.62. The molecule has 0 aliphatic heterocycles. The largest absolute Gasteiger partial charge is 0.350 e. The maximum atomic E-state index is 14.2. The third kappa shape index (κ3) is 4.09. The molecule has 0 radical (unpaired) electrons. The standard InChI is InChI=1S/C23H22FN5O2/c1-15-14-21(30)22(27-29(15)19-10-5-3-8-17(19)24)23(31)25-12-7-13-28-16(2)26-18-9-4-6-11-20(18)28/h3-6,8-11,14H,7,12-13H2,1-2H3,(H,25,31). The van der Waals surface area contributed by atoms with Crippen LogP contribution in [-0.2, 0) is 6.54 Å². The Kier molecular flexibility index (Phi) is 5.62. The fourth-order valence-corrected chi connectivity index (χ4v) is 3.57. The topological polar surface area (TPSA) is 81.8 Å². The number of carbonyl (C=O) groups excluding carboxylic acids is 1. The molecule has 0 bridgehead atoms. The SMILES string of the molecule is Cc1cc(=O)c(C(=O)NCCCn2c(C)nc3ccccc32)nn1-c1ccccc1F. The van der Waals surface area contributed by atoms with Crippen LogP contribution in [-0.4, -0.2) is 31.8 Å². The van der Waals surface area contributed by atoms with Gasteiger partial charge >= 0.3 is 0 Å². The Bertz CT molecular complexity index is 1330. The number of nitrogens with one attached hydrogen (secondary N) is 1. The third-order valence-electron chi connectivity index (χ3n) is 5.09. The van der Waals surface area contributed by atoms with Crippen molar-refractivity contribution in [2.45, 2.75) is 26.8 Å². The van der Waals surface area contributed by atoms with Crippen molar-refractivity contribution in [3.63, 3.8) is 0 Å². The summed E-state index contributed by atoms with van der Waals surface area (Å²) in [5.74, 6) is -0.168. The van der Waals surface area contributed by atoms with Gasteiger partial charge in [-0.15, -0.1) is 0 Å². The number of hydrogen-bond acceptors (Lipinski definition) is 4. The van der Waals surface area contributed by atoms with E-state index in [1.54, 1.807) is 25.1 Å². The third-order valence-corrected chi connectivity index (χ3v) is 5.09. The van der Waals surface area contributed by atoms with Gasteiger partial charge in [-0.05, 0) is 44.5 Å². The predicted octanol–water partition coefficient (Wildman–Crippen LogP) is 3.16. The highest BCUT2D eigenvalue weighted by molar-refractivity contribution is 5.92. The molecule has 2 heterocycles. The number of aromatic nitrogens is 4. The Morgan fingerprint density at radius 3 is 2.65 bits per heavy atom. The van der Waals surface area contributed by atoms with Crippen molar-refractivity contribution in [3.8, 4) is 5.69 Å². The second-order valence-corrected chi connectivity index (χ2v) is 7.27.